The van der Waals surface area contributed by atoms with Gasteiger partial charge < -0.3 is 4.74 Å². The average molecular weight is 279 g/mol. The molecule has 100 valence electrons. The minimum Gasteiger partial charge on any atom is -0.460 e. The molecule has 0 atom stereocenters. The van der Waals surface area contributed by atoms with E-state index in [-0.39, 0.29) is 17.7 Å². The van der Waals surface area contributed by atoms with E-state index in [4.69, 9.17) is 16.3 Å². The quantitative estimate of drug-likeness (QED) is 0.625. The maximum atomic E-state index is 11.9. The fourth-order valence-corrected chi connectivity index (χ4v) is 1.95. The number of nitrogens with zero attached hydrogens (tertiary/aromatic N) is 2. The lowest BCUT2D eigenvalue weighted by atomic mass is 10.1. The van der Waals surface area contributed by atoms with Crippen molar-refractivity contribution in [3.63, 3.8) is 0 Å². The molecule has 0 fully saturated rings. The number of benzene rings is 1. The smallest absolute Gasteiger partial charge is 0.312 e. The molecule has 0 saturated carbocycles. The van der Waals surface area contributed by atoms with Crippen molar-refractivity contribution >= 4 is 28.5 Å². The summed E-state index contributed by atoms with van der Waals surface area (Å²) in [6.45, 7) is 5.49. The van der Waals surface area contributed by atoms with Crippen LogP contribution in [-0.2, 0) is 16.0 Å². The number of fused-ring (bicyclic) bond motifs is 1. The van der Waals surface area contributed by atoms with Crippen LogP contribution < -0.4 is 0 Å². The van der Waals surface area contributed by atoms with E-state index in [1.54, 1.807) is 0 Å². The Hall–Kier alpha value is -1.68. The molecule has 1 heterocycles. The highest BCUT2D eigenvalue weighted by molar-refractivity contribution is 6.28. The number of aromatic nitrogens is 2. The second kappa shape index (κ2) is 5.13. The molecule has 1 aromatic heterocycles. The highest BCUT2D eigenvalue weighted by Crippen LogP contribution is 2.19. The largest absolute Gasteiger partial charge is 0.460 e. The van der Waals surface area contributed by atoms with Gasteiger partial charge in [0.1, 0.15) is 5.60 Å². The van der Waals surface area contributed by atoms with Crippen molar-refractivity contribution in [3.05, 3.63) is 35.2 Å². The van der Waals surface area contributed by atoms with Crippen LogP contribution >= 0.6 is 11.6 Å². The fourth-order valence-electron chi connectivity index (χ4n) is 1.76. The van der Waals surface area contributed by atoms with Gasteiger partial charge in [-0.25, -0.2) is 9.97 Å². The first-order chi connectivity index (χ1) is 8.85. The Morgan fingerprint density at radius 1 is 1.26 bits per heavy atom. The topological polar surface area (TPSA) is 52.1 Å². The number of carbonyl (C=O) groups is 1. The number of halogens is 1. The molecule has 0 amide bonds. The molecule has 1 aromatic carbocycles. The molecule has 5 heteroatoms. The predicted octanol–water partition coefficient (Wildman–Crippen LogP) is 3.17. The molecule has 0 N–H and O–H groups in total. The molecular formula is C14H15ClN2O2. The number of ether oxygens (including phenoxy) is 1. The van der Waals surface area contributed by atoms with Gasteiger partial charge in [-0.05, 0) is 38.4 Å². The van der Waals surface area contributed by atoms with Crippen LogP contribution in [0.4, 0.5) is 0 Å². The predicted molar refractivity (Wildman–Crippen MR) is 74.1 cm³/mol. The van der Waals surface area contributed by atoms with Crippen molar-refractivity contribution in [3.8, 4) is 0 Å². The Labute approximate surface area is 116 Å². The van der Waals surface area contributed by atoms with E-state index in [0.717, 1.165) is 10.9 Å². The van der Waals surface area contributed by atoms with Gasteiger partial charge in [-0.15, -0.1) is 0 Å². The summed E-state index contributed by atoms with van der Waals surface area (Å²) < 4.78 is 5.29. The third kappa shape index (κ3) is 3.64. The molecular weight excluding hydrogens is 264 g/mol. The molecule has 2 rings (SSSR count). The summed E-state index contributed by atoms with van der Waals surface area (Å²) in [6, 6.07) is 7.44. The monoisotopic (exact) mass is 278 g/mol. The molecule has 0 aliphatic heterocycles. The second-order valence-corrected chi connectivity index (χ2v) is 5.56. The molecule has 2 aromatic rings. The van der Waals surface area contributed by atoms with Crippen molar-refractivity contribution in [2.45, 2.75) is 32.8 Å². The van der Waals surface area contributed by atoms with Crippen LogP contribution in [0.3, 0.4) is 0 Å². The lowest BCUT2D eigenvalue weighted by Gasteiger charge is -2.19. The minimum absolute atomic E-state index is 0.0834. The van der Waals surface area contributed by atoms with Gasteiger partial charge in [0.25, 0.3) is 0 Å². The summed E-state index contributed by atoms with van der Waals surface area (Å²) >= 11 is 5.87. The molecule has 19 heavy (non-hydrogen) atoms. The molecule has 0 bridgehead atoms. The van der Waals surface area contributed by atoms with E-state index in [9.17, 15) is 4.79 Å². The molecule has 0 aliphatic carbocycles. The van der Waals surface area contributed by atoms with E-state index < -0.39 is 5.60 Å². The normalized spacial score (nSPS) is 11.6. The average Bonchev–Trinajstić information content (AvgIpc) is 2.25. The van der Waals surface area contributed by atoms with Gasteiger partial charge in [0.15, 0.2) is 0 Å². The number of esters is 1. The van der Waals surface area contributed by atoms with Crippen LogP contribution in [0.15, 0.2) is 24.3 Å². The first-order valence-electron chi connectivity index (χ1n) is 5.98. The maximum absolute atomic E-state index is 11.9. The highest BCUT2D eigenvalue weighted by Gasteiger charge is 2.18. The van der Waals surface area contributed by atoms with E-state index in [2.05, 4.69) is 9.97 Å². The van der Waals surface area contributed by atoms with Crippen LogP contribution in [0, 0.1) is 0 Å². The van der Waals surface area contributed by atoms with Crippen molar-refractivity contribution < 1.29 is 9.53 Å². The van der Waals surface area contributed by atoms with Crippen molar-refractivity contribution in [1.82, 2.24) is 9.97 Å². The van der Waals surface area contributed by atoms with E-state index in [1.165, 1.54) is 0 Å². The fraction of sp³-hybridized carbons (Fsp3) is 0.357. The standard InChI is InChI=1S/C14H15ClN2O2/c1-14(2,3)19-12(18)8-11-9-6-4-5-7-10(9)16-13(15)17-11/h4-7H,8H2,1-3H3. The Morgan fingerprint density at radius 3 is 2.63 bits per heavy atom. The minimum atomic E-state index is -0.510. The summed E-state index contributed by atoms with van der Waals surface area (Å²) in [7, 11) is 0. The highest BCUT2D eigenvalue weighted by atomic mass is 35.5. The number of para-hydroxylation sites is 1. The van der Waals surface area contributed by atoms with Gasteiger partial charge in [-0.3, -0.25) is 4.79 Å². The second-order valence-electron chi connectivity index (χ2n) is 5.22. The van der Waals surface area contributed by atoms with Gasteiger partial charge in [0.2, 0.25) is 5.28 Å². The van der Waals surface area contributed by atoms with Crippen LogP contribution in [0.1, 0.15) is 26.5 Å². The molecule has 0 radical (unpaired) electrons. The molecule has 4 nitrogen and oxygen atoms in total. The van der Waals surface area contributed by atoms with Crippen molar-refractivity contribution in [1.29, 1.82) is 0 Å². The zero-order chi connectivity index (χ0) is 14.0. The molecule has 0 saturated heterocycles. The van der Waals surface area contributed by atoms with E-state index in [0.29, 0.717) is 5.69 Å². The van der Waals surface area contributed by atoms with Crippen LogP contribution in [0.2, 0.25) is 5.28 Å². The van der Waals surface area contributed by atoms with Gasteiger partial charge in [-0.1, -0.05) is 18.2 Å². The van der Waals surface area contributed by atoms with Gasteiger partial charge >= 0.3 is 5.97 Å². The zero-order valence-electron chi connectivity index (χ0n) is 11.1. The summed E-state index contributed by atoms with van der Waals surface area (Å²) in [4.78, 5) is 20.1. The third-order valence-electron chi connectivity index (χ3n) is 2.39. The summed E-state index contributed by atoms with van der Waals surface area (Å²) in [5.74, 6) is -0.326. The van der Waals surface area contributed by atoms with Crippen molar-refractivity contribution in [2.75, 3.05) is 0 Å². The number of hydrogen-bond donors (Lipinski definition) is 0. The third-order valence-corrected chi connectivity index (χ3v) is 2.56. The summed E-state index contributed by atoms with van der Waals surface area (Å²) in [5, 5.41) is 0.954. The zero-order valence-corrected chi connectivity index (χ0v) is 11.9. The first kappa shape index (κ1) is 13.7. The molecule has 0 spiro atoms. The van der Waals surface area contributed by atoms with Crippen LogP contribution in [0.25, 0.3) is 10.9 Å². The van der Waals surface area contributed by atoms with Crippen LogP contribution in [0.5, 0.6) is 0 Å². The van der Waals surface area contributed by atoms with Gasteiger partial charge in [0.05, 0.1) is 17.6 Å². The number of rotatable bonds is 2. The lowest BCUT2D eigenvalue weighted by molar-refractivity contribution is -0.153. The SMILES string of the molecule is CC(C)(C)OC(=O)Cc1nc(Cl)nc2ccccc12. The summed E-state index contributed by atoms with van der Waals surface area (Å²) in [6.07, 6.45) is 0.0834. The van der Waals surface area contributed by atoms with Crippen molar-refractivity contribution in [2.24, 2.45) is 0 Å². The van der Waals surface area contributed by atoms with E-state index >= 15 is 0 Å². The van der Waals surface area contributed by atoms with E-state index in [1.807, 2.05) is 45.0 Å². The first-order valence-corrected chi connectivity index (χ1v) is 6.36. The molecule has 0 aliphatic rings. The lowest BCUT2D eigenvalue weighted by Crippen LogP contribution is -2.25. The maximum Gasteiger partial charge on any atom is 0.312 e. The Morgan fingerprint density at radius 2 is 1.95 bits per heavy atom. The number of carbonyl (C=O) groups excluding carboxylic acids is 1. The Bertz CT molecular complexity index is 620. The van der Waals surface area contributed by atoms with Crippen LogP contribution in [-0.4, -0.2) is 21.5 Å². The van der Waals surface area contributed by atoms with Gasteiger partial charge in [0, 0.05) is 5.39 Å². The number of hydrogen-bond acceptors (Lipinski definition) is 4. The Balaban J connectivity index is 2.32. The Kier molecular flexibility index (Phi) is 3.71. The molecule has 0 unspecified atom stereocenters. The van der Waals surface area contributed by atoms with Gasteiger partial charge in [-0.2, -0.15) is 0 Å². The summed E-state index contributed by atoms with van der Waals surface area (Å²) in [5.41, 5.74) is 0.801.